The van der Waals surface area contributed by atoms with Gasteiger partial charge in [0.15, 0.2) is 11.5 Å². The van der Waals surface area contributed by atoms with Crippen molar-refractivity contribution in [3.8, 4) is 0 Å². The van der Waals surface area contributed by atoms with Crippen molar-refractivity contribution >= 4 is 27.4 Å². The first kappa shape index (κ1) is 11.8. The Bertz CT molecular complexity index is 527. The Hall–Kier alpha value is -1.24. The lowest BCUT2D eigenvalue weighted by Crippen LogP contribution is -2.31. The molecule has 96 valence electrons. The van der Waals surface area contributed by atoms with Crippen LogP contribution in [0.3, 0.4) is 0 Å². The Labute approximate surface area is 114 Å². The van der Waals surface area contributed by atoms with E-state index in [-0.39, 0.29) is 0 Å². The molecule has 2 aromatic heterocycles. The molecule has 3 rings (SSSR count). The van der Waals surface area contributed by atoms with Crippen LogP contribution in [0.15, 0.2) is 12.4 Å². The summed E-state index contributed by atoms with van der Waals surface area (Å²) in [6, 6.07) is 0.583. The molecule has 0 saturated carbocycles. The normalized spacial score (nSPS) is 19.8. The average Bonchev–Trinajstić information content (AvgIpc) is 3.04. The number of hydrogen-bond donors (Lipinski definition) is 0. The fraction of sp³-hybridized carbons (Fsp3) is 0.636. The molecule has 6 nitrogen and oxygen atoms in total. The van der Waals surface area contributed by atoms with E-state index in [1.165, 1.54) is 25.7 Å². The first-order chi connectivity index (χ1) is 8.90. The molecule has 1 saturated heterocycles. The summed E-state index contributed by atoms with van der Waals surface area (Å²) in [6.07, 6.45) is 8.41. The Morgan fingerprint density at radius 2 is 2.33 bits per heavy atom. The summed E-state index contributed by atoms with van der Waals surface area (Å²) in [5, 5.41) is 12.8. The van der Waals surface area contributed by atoms with Crippen LogP contribution in [0.1, 0.15) is 25.7 Å². The quantitative estimate of drug-likeness (QED) is 0.804. The van der Waals surface area contributed by atoms with Crippen molar-refractivity contribution in [2.75, 3.05) is 16.8 Å². The van der Waals surface area contributed by atoms with Gasteiger partial charge in [0.25, 0.3) is 0 Å². The van der Waals surface area contributed by atoms with Gasteiger partial charge in [-0.1, -0.05) is 15.9 Å². The highest BCUT2D eigenvalue weighted by atomic mass is 79.9. The van der Waals surface area contributed by atoms with E-state index in [4.69, 9.17) is 0 Å². The summed E-state index contributed by atoms with van der Waals surface area (Å²) < 4.78 is 1.78. The first-order valence-electron chi connectivity index (χ1n) is 6.25. The highest BCUT2D eigenvalue weighted by Crippen LogP contribution is 2.27. The van der Waals surface area contributed by atoms with Gasteiger partial charge in [-0.2, -0.15) is 4.52 Å². The second-order valence-corrected chi connectivity index (χ2v) is 5.33. The van der Waals surface area contributed by atoms with E-state index in [0.717, 1.165) is 17.7 Å². The smallest absolute Gasteiger partial charge is 0.199 e. The highest BCUT2D eigenvalue weighted by Gasteiger charge is 2.26. The lowest BCUT2D eigenvalue weighted by molar-refractivity contribution is 0.593. The van der Waals surface area contributed by atoms with Gasteiger partial charge in [-0.25, -0.2) is 0 Å². The second-order valence-electron chi connectivity index (χ2n) is 4.54. The van der Waals surface area contributed by atoms with E-state index in [9.17, 15) is 0 Å². The van der Waals surface area contributed by atoms with Gasteiger partial charge in [-0.15, -0.1) is 5.10 Å². The Morgan fingerprint density at radius 1 is 1.39 bits per heavy atom. The van der Waals surface area contributed by atoms with Crippen molar-refractivity contribution in [3.63, 3.8) is 0 Å². The maximum Gasteiger partial charge on any atom is 0.199 e. The second kappa shape index (κ2) is 5.17. The van der Waals surface area contributed by atoms with E-state index < -0.39 is 0 Å². The van der Waals surface area contributed by atoms with Crippen LogP contribution in [0.25, 0.3) is 5.65 Å². The number of aromatic nitrogens is 5. The van der Waals surface area contributed by atoms with Gasteiger partial charge in [-0.3, -0.25) is 4.98 Å². The largest absolute Gasteiger partial charge is 0.352 e. The molecule has 7 heteroatoms. The van der Waals surface area contributed by atoms with Crippen molar-refractivity contribution in [3.05, 3.63) is 12.4 Å². The fourth-order valence-electron chi connectivity index (χ4n) is 2.61. The van der Waals surface area contributed by atoms with Crippen molar-refractivity contribution < 1.29 is 0 Å². The molecule has 1 atom stereocenters. The minimum Gasteiger partial charge on any atom is -0.352 e. The van der Waals surface area contributed by atoms with Gasteiger partial charge in [0.2, 0.25) is 0 Å². The predicted octanol–water partition coefficient (Wildman–Crippen LogP) is 1.66. The SMILES string of the molecule is BrCCCC1CCCN1c1cncc2nnnn12. The van der Waals surface area contributed by atoms with Crippen LogP contribution < -0.4 is 4.90 Å². The van der Waals surface area contributed by atoms with Gasteiger partial charge in [0.1, 0.15) is 0 Å². The van der Waals surface area contributed by atoms with Crippen LogP contribution in [0.2, 0.25) is 0 Å². The molecule has 0 amide bonds. The Kier molecular flexibility index (Phi) is 3.40. The van der Waals surface area contributed by atoms with Gasteiger partial charge in [0.05, 0.1) is 12.4 Å². The molecule has 1 unspecified atom stereocenters. The van der Waals surface area contributed by atoms with Gasteiger partial charge in [-0.05, 0) is 36.1 Å². The summed E-state index contributed by atoms with van der Waals surface area (Å²) in [5.41, 5.74) is 0.707. The molecule has 0 aromatic carbocycles. The van der Waals surface area contributed by atoms with Crippen LogP contribution in [0.5, 0.6) is 0 Å². The van der Waals surface area contributed by atoms with Gasteiger partial charge in [0, 0.05) is 17.9 Å². The monoisotopic (exact) mass is 310 g/mol. The molecule has 0 N–H and O–H groups in total. The molecule has 1 fully saturated rings. The van der Waals surface area contributed by atoms with Crippen molar-refractivity contribution in [1.29, 1.82) is 0 Å². The van der Waals surface area contributed by atoms with E-state index >= 15 is 0 Å². The van der Waals surface area contributed by atoms with Crippen LogP contribution in [0.4, 0.5) is 5.82 Å². The zero-order chi connectivity index (χ0) is 12.4. The maximum absolute atomic E-state index is 4.23. The lowest BCUT2D eigenvalue weighted by Gasteiger charge is -2.26. The number of alkyl halides is 1. The first-order valence-corrected chi connectivity index (χ1v) is 7.37. The number of anilines is 1. The summed E-state index contributed by atoms with van der Waals surface area (Å²) in [4.78, 5) is 6.62. The van der Waals surface area contributed by atoms with E-state index in [0.29, 0.717) is 11.7 Å². The molecule has 0 radical (unpaired) electrons. The molecule has 3 heterocycles. The predicted molar refractivity (Wildman–Crippen MR) is 72.0 cm³/mol. The average molecular weight is 311 g/mol. The Morgan fingerprint density at radius 3 is 3.22 bits per heavy atom. The number of hydrogen-bond acceptors (Lipinski definition) is 5. The molecule has 1 aliphatic rings. The van der Waals surface area contributed by atoms with E-state index in [2.05, 4.69) is 41.3 Å². The molecule has 2 aromatic rings. The Balaban J connectivity index is 1.90. The molecule has 0 spiro atoms. The van der Waals surface area contributed by atoms with Crippen LogP contribution in [-0.2, 0) is 0 Å². The third kappa shape index (κ3) is 2.07. The number of halogens is 1. The topological polar surface area (TPSA) is 59.2 Å². The molecule has 0 bridgehead atoms. The number of fused-ring (bicyclic) bond motifs is 1. The summed E-state index contributed by atoms with van der Waals surface area (Å²) >= 11 is 3.50. The van der Waals surface area contributed by atoms with Crippen molar-refractivity contribution in [1.82, 2.24) is 25.0 Å². The van der Waals surface area contributed by atoms with Crippen LogP contribution in [0, 0.1) is 0 Å². The number of nitrogens with zero attached hydrogens (tertiary/aromatic N) is 6. The highest BCUT2D eigenvalue weighted by molar-refractivity contribution is 9.09. The third-order valence-corrected chi connectivity index (χ3v) is 3.99. The molecule has 18 heavy (non-hydrogen) atoms. The molecular formula is C11H15BrN6. The number of tetrazole rings is 1. The van der Waals surface area contributed by atoms with Crippen molar-refractivity contribution in [2.45, 2.75) is 31.7 Å². The number of rotatable bonds is 4. The molecule has 0 aliphatic carbocycles. The molecular weight excluding hydrogens is 296 g/mol. The third-order valence-electron chi connectivity index (χ3n) is 3.43. The van der Waals surface area contributed by atoms with Crippen LogP contribution >= 0.6 is 15.9 Å². The maximum atomic E-state index is 4.23. The fourth-order valence-corrected chi connectivity index (χ4v) is 2.93. The summed E-state index contributed by atoms with van der Waals surface area (Å²) in [7, 11) is 0. The van der Waals surface area contributed by atoms with E-state index in [1.807, 2.05) is 6.20 Å². The minimum atomic E-state index is 0.583. The summed E-state index contributed by atoms with van der Waals surface area (Å²) in [5.74, 6) is 1.01. The zero-order valence-corrected chi connectivity index (χ0v) is 11.6. The van der Waals surface area contributed by atoms with Gasteiger partial charge < -0.3 is 4.90 Å². The van der Waals surface area contributed by atoms with E-state index in [1.54, 1.807) is 10.7 Å². The standard InChI is InChI=1S/C11H15BrN6/c12-5-1-3-9-4-2-6-17(9)11-8-13-7-10-14-15-16-18(10)11/h7-9H,1-6H2. The molecule has 1 aliphatic heterocycles. The van der Waals surface area contributed by atoms with Crippen molar-refractivity contribution in [2.24, 2.45) is 0 Å². The van der Waals surface area contributed by atoms with Gasteiger partial charge >= 0.3 is 0 Å². The van der Waals surface area contributed by atoms with Crippen LogP contribution in [-0.4, -0.2) is 42.9 Å². The minimum absolute atomic E-state index is 0.583. The zero-order valence-electron chi connectivity index (χ0n) is 10.0. The lowest BCUT2D eigenvalue weighted by atomic mass is 10.1. The summed E-state index contributed by atoms with van der Waals surface area (Å²) in [6.45, 7) is 1.06.